The molecule has 756 valence electrons. The van der Waals surface area contributed by atoms with Crippen molar-refractivity contribution in [1.82, 2.24) is 97.9 Å². The Balaban J connectivity index is 1.11. The van der Waals surface area contributed by atoms with Gasteiger partial charge < -0.3 is 136 Å². The van der Waals surface area contributed by atoms with Crippen LogP contribution in [0.5, 0.6) is 5.75 Å². The summed E-state index contributed by atoms with van der Waals surface area (Å²) in [5.41, 5.74) is 26.4. The van der Waals surface area contributed by atoms with E-state index >= 15 is 43.2 Å². The highest BCUT2D eigenvalue weighted by Gasteiger charge is 2.47. The van der Waals surface area contributed by atoms with Gasteiger partial charge in [-0.25, -0.2) is 4.98 Å². The summed E-state index contributed by atoms with van der Waals surface area (Å²) >= 11 is 0.772. The molecule has 16 atom stereocenters. The summed E-state index contributed by atoms with van der Waals surface area (Å²) in [5, 5.41) is 62.6. The Morgan fingerprint density at radius 2 is 1.19 bits per heavy atom. The number of hydrogen-bond donors (Lipinski definition) is 21. The first-order chi connectivity index (χ1) is 66.3. The number of nitrogens with two attached hydrogens (primary N) is 4. The molecule has 4 aliphatic rings. The number of nitrogens with zero attached hydrogens (tertiary/aromatic N) is 6. The topological polar surface area (TPSA) is 690 Å². The van der Waals surface area contributed by atoms with Crippen molar-refractivity contribution < 1.29 is 101 Å². The van der Waals surface area contributed by atoms with Gasteiger partial charge in [-0.3, -0.25) is 91.7 Å². The van der Waals surface area contributed by atoms with E-state index in [9.17, 15) is 53.4 Å². The number of benzene rings is 3. The number of aliphatic hydroxyl groups excluding tert-OH is 1. The summed E-state index contributed by atoms with van der Waals surface area (Å²) in [7, 11) is 5.37. The molecule has 0 unspecified atom stereocenters. The Bertz CT molecular complexity index is 5200. The number of rotatable bonds is 29. The van der Waals surface area contributed by atoms with E-state index in [1.807, 2.05) is 26.0 Å². The number of aliphatic carboxylic acids is 1. The molecule has 5 aromatic rings. The summed E-state index contributed by atoms with van der Waals surface area (Å²) in [6.07, 6.45) is 0.242. The van der Waals surface area contributed by atoms with Gasteiger partial charge in [-0.1, -0.05) is 88.1 Å². The lowest BCUT2D eigenvalue weighted by molar-refractivity contribution is -0.149. The number of aliphatic hydroxyl groups is 1. The summed E-state index contributed by atoms with van der Waals surface area (Å²) in [6, 6.07) is -1.44. The fourth-order valence-electron chi connectivity index (χ4n) is 17.3. The number of aromatic amines is 2. The van der Waals surface area contributed by atoms with Gasteiger partial charge in [0.2, 0.25) is 100 Å². The van der Waals surface area contributed by atoms with Crippen molar-refractivity contribution in [3.63, 3.8) is 0 Å². The van der Waals surface area contributed by atoms with Crippen LogP contribution in [0.4, 0.5) is 5.69 Å². The number of likely N-dealkylation sites (N-methyl/N-ethyl adjacent to an activating group) is 3. The van der Waals surface area contributed by atoms with Crippen molar-refractivity contribution in [3.05, 3.63) is 114 Å². The third-order valence-electron chi connectivity index (χ3n) is 25.1. The first-order valence-electron chi connectivity index (χ1n) is 46.5. The molecule has 2 aromatic heterocycles. The number of carbonyl (C=O) groups excluding carboxylic acids is 17. The van der Waals surface area contributed by atoms with Gasteiger partial charge >= 0.3 is 5.97 Å². The molecule has 9 rings (SSSR count). The summed E-state index contributed by atoms with van der Waals surface area (Å²) < 4.78 is 5.35. The van der Waals surface area contributed by atoms with Crippen LogP contribution in [-0.2, 0) is 106 Å². The number of amides is 17. The van der Waals surface area contributed by atoms with Crippen LogP contribution in [0.2, 0.25) is 0 Å². The highest BCUT2D eigenvalue weighted by molar-refractivity contribution is 8.00. The second-order valence-electron chi connectivity index (χ2n) is 35.2. The Morgan fingerprint density at radius 3 is 1.87 bits per heavy atom. The average Bonchev–Trinajstić information content (AvgIpc) is 1.55. The summed E-state index contributed by atoms with van der Waals surface area (Å²) in [4.78, 5) is 280. The van der Waals surface area contributed by atoms with E-state index in [1.165, 1.54) is 52.6 Å². The zero-order valence-electron chi connectivity index (χ0n) is 79.0. The van der Waals surface area contributed by atoms with E-state index < -0.39 is 266 Å². The monoisotopic (exact) mass is 1950 g/mol. The van der Waals surface area contributed by atoms with Gasteiger partial charge in [-0.05, 0) is 112 Å². The van der Waals surface area contributed by atoms with Crippen LogP contribution in [0.1, 0.15) is 152 Å². The standard InChI is InChI=1S/C92H131N25O21S/c1-8-10-23-70-84(130)106-61(22-16-34-99-92(96)97)80(126)112-69(79(125)102-45-75(95)120)47-139-48-76(121)104-66(36-51-26-28-56(138-7)29-27-51)87(133)113(4)50(3)78(124)110-68(41-74(94)119)90(136)116-35-17-25-71(116)85(131)109-65(39-54-44-98-49-103-54)83(129)107-63(30-31-77(122)123)89(135)117-46-55(118)40-73(117)86(132)108-64(37-52-42-100-59-20-14-12-18-57(52)59)82(128)105-62(32-33-93)81(127)111-67(38-53-43-101-60-21-15-13-19-58(53)60)88(134)115(6)72(24-11-9-2)91(137)114(70)5/h12-15,18-21,26-29,43-44,49-50,52,55,61-73,100-101,118H,8-11,16-17,22-25,30-42,45-48,93H2,1-7H3,(H2,94,119)(H2,95,120)(H,98,103)(H,102,125)(H,104,121)(H,105,128)(H,106,130)(H,107,129)(H,108,132)(H,109,131)(H,110,124)(H,111,127)(H,112,126)(H,122,123)(H4,96,97,99)/t50-,52+,55+,61-,62-,63-,64-,65-,66-,67-,68-,69-,70-,71-,72-,73-/m0/s1. The van der Waals surface area contributed by atoms with Crippen molar-refractivity contribution >= 4 is 141 Å². The number of imidazole rings is 1. The fraction of sp³-hybridized carbons (Fsp3) is 0.543. The maximum absolute atomic E-state index is 15.9. The average molecular weight is 1960 g/mol. The minimum Gasteiger partial charge on any atom is -0.497 e. The summed E-state index contributed by atoms with van der Waals surface area (Å²) in [5.74, 6) is -19.2. The van der Waals surface area contributed by atoms with Gasteiger partial charge in [0, 0.05) is 126 Å². The molecule has 17 amide bonds. The number of ether oxygens (including phenoxy) is 1. The van der Waals surface area contributed by atoms with Crippen molar-refractivity contribution in [2.45, 2.75) is 239 Å². The Morgan fingerprint density at radius 1 is 0.590 bits per heavy atom. The highest BCUT2D eigenvalue weighted by Crippen LogP contribution is 2.35. The predicted molar refractivity (Wildman–Crippen MR) is 509 cm³/mol. The van der Waals surface area contributed by atoms with Gasteiger partial charge in [0.05, 0.1) is 38.3 Å². The number of nitrogens with one attached hydrogen (secondary N) is 15. The third kappa shape index (κ3) is 30.8. The van der Waals surface area contributed by atoms with E-state index in [0.29, 0.717) is 59.2 Å². The number of primary amides is 2. The lowest BCUT2D eigenvalue weighted by Crippen LogP contribution is -2.61. The quantitative estimate of drug-likeness (QED) is 0.0125. The number of hydrogen-bond acceptors (Lipinski definition) is 25. The molecule has 3 aromatic carbocycles. The van der Waals surface area contributed by atoms with Crippen LogP contribution in [0.25, 0.3) is 10.9 Å². The number of anilines is 1. The largest absolute Gasteiger partial charge is 0.497 e. The van der Waals surface area contributed by atoms with E-state index in [4.69, 9.17) is 33.1 Å². The van der Waals surface area contributed by atoms with E-state index in [2.05, 4.69) is 78.8 Å². The molecule has 46 nitrogen and oxygen atoms in total. The highest BCUT2D eigenvalue weighted by atomic mass is 32.2. The van der Waals surface area contributed by atoms with Crippen molar-refractivity contribution in [3.8, 4) is 5.75 Å². The number of guanidine groups is 1. The molecule has 0 aliphatic carbocycles. The molecule has 0 spiro atoms. The minimum atomic E-state index is -1.83. The number of H-pyrrole nitrogens is 2. The van der Waals surface area contributed by atoms with Crippen LogP contribution in [0.3, 0.4) is 0 Å². The Hall–Kier alpha value is -14.0. The smallest absolute Gasteiger partial charge is 0.303 e. The van der Waals surface area contributed by atoms with Crippen LogP contribution in [-0.4, -0.2) is 332 Å². The van der Waals surface area contributed by atoms with E-state index in [0.717, 1.165) is 36.9 Å². The molecule has 6 heterocycles. The SMILES string of the molecule is CCCC[C@H]1C(=O)N(C)[C@@H](CCCC)C(=O)N[C@@H](CCCNC(=N)N)C(=O)N[C@H](C(=O)NCC(N)=O)CSCC(=O)N[C@@H](Cc2ccc(OC)cc2)C(=O)N(C)[C@@H](C)C(=O)N[C@@H](CC(N)=O)C(=O)N2CCC[C@H]2C(=O)N[C@@H](Cc2cnc[nH]2)C(=O)N[C@@H](CCC(=O)O)C(=O)N2C[C@H](O)C[C@H]2C(=O)N[C@@H](C[C@@H]2CNc3ccccc32)C(=O)N[C@@H](CCN)C(=O)N[C@@H](Cc2c[nH]c3ccccc23)C(=O)N1C. The number of carbonyl (C=O) groups is 18. The molecule has 0 radical (unpaired) electrons. The third-order valence-corrected chi connectivity index (χ3v) is 26.2. The van der Waals surface area contributed by atoms with Crippen molar-refractivity contribution in [1.29, 1.82) is 5.41 Å². The van der Waals surface area contributed by atoms with Gasteiger partial charge in [0.1, 0.15) is 90.3 Å². The number of fused-ring (bicyclic) bond motifs is 4. The number of aromatic nitrogens is 3. The van der Waals surface area contributed by atoms with Gasteiger partial charge in [0.15, 0.2) is 5.96 Å². The number of para-hydroxylation sites is 2. The molecule has 3 fully saturated rings. The fourth-order valence-corrected chi connectivity index (χ4v) is 18.2. The van der Waals surface area contributed by atoms with E-state index in [1.54, 1.807) is 66.9 Å². The molecular formula is C92H131N25O21S. The zero-order valence-corrected chi connectivity index (χ0v) is 79.9. The van der Waals surface area contributed by atoms with Gasteiger partial charge in [0.25, 0.3) is 0 Å². The molecular weight excluding hydrogens is 1820 g/mol. The normalized spacial score (nSPS) is 25.1. The molecule has 0 saturated carbocycles. The first kappa shape index (κ1) is 109. The van der Waals surface area contributed by atoms with Crippen LogP contribution in [0, 0.1) is 5.41 Å². The molecule has 47 heteroatoms. The lowest BCUT2D eigenvalue weighted by atomic mass is 9.93. The Labute approximate surface area is 807 Å². The second kappa shape index (κ2) is 52.5. The van der Waals surface area contributed by atoms with Crippen molar-refractivity contribution in [2.75, 3.05) is 84.3 Å². The maximum Gasteiger partial charge on any atom is 0.303 e. The van der Waals surface area contributed by atoms with Crippen LogP contribution in [0.15, 0.2) is 91.5 Å². The lowest BCUT2D eigenvalue weighted by Gasteiger charge is -2.36. The van der Waals surface area contributed by atoms with Crippen LogP contribution < -0.4 is 91.5 Å². The van der Waals surface area contributed by atoms with Gasteiger partial charge in [-0.15, -0.1) is 11.8 Å². The number of carboxylic acid groups (broad SMARTS) is 1. The Kier molecular flexibility index (Phi) is 41.1. The maximum atomic E-state index is 15.9. The molecule has 3 saturated heterocycles. The number of carboxylic acids is 1. The molecule has 25 N–H and O–H groups in total. The number of unbranched alkanes of at least 4 members (excludes halogenated alkanes) is 2. The van der Waals surface area contributed by atoms with Crippen LogP contribution >= 0.6 is 11.8 Å². The van der Waals surface area contributed by atoms with E-state index in [-0.39, 0.29) is 96.1 Å². The second-order valence-corrected chi connectivity index (χ2v) is 36.2. The predicted octanol–water partition coefficient (Wildman–Crippen LogP) is -3.58. The van der Waals surface area contributed by atoms with Gasteiger partial charge in [-0.2, -0.15) is 0 Å². The zero-order chi connectivity index (χ0) is 101. The molecule has 139 heavy (non-hydrogen) atoms. The first-order valence-corrected chi connectivity index (χ1v) is 47.7. The minimum absolute atomic E-state index is 0.00148. The summed E-state index contributed by atoms with van der Waals surface area (Å²) in [6.45, 7) is 3.47. The number of thioether (sulfide) groups is 1. The molecule has 0 bridgehead atoms. The number of methoxy groups -OCH3 is 1. The van der Waals surface area contributed by atoms with Crippen molar-refractivity contribution in [2.24, 2.45) is 22.9 Å². The molecule has 4 aliphatic heterocycles.